The summed E-state index contributed by atoms with van der Waals surface area (Å²) in [6, 6.07) is 5.60. The molecular formula is C23H33FN2O3. The number of rotatable bonds is 4. The lowest BCUT2D eigenvalue weighted by Crippen LogP contribution is -2.49. The minimum Gasteiger partial charge on any atom is -0.492 e. The average molecular weight is 405 g/mol. The van der Waals surface area contributed by atoms with Crippen LogP contribution in [0.3, 0.4) is 0 Å². The van der Waals surface area contributed by atoms with E-state index in [-0.39, 0.29) is 23.4 Å². The SMILES string of the molecule is CCCOC(=O)NC1CCCCC(N2CCC3(CC2)COc2ccc(F)cc23)C1. The van der Waals surface area contributed by atoms with Crippen LogP contribution in [0.25, 0.3) is 0 Å². The number of piperidine rings is 1. The standard InChI is InChI=1S/C23H33FN2O3/c1-2-13-28-22(27)25-18-5-3-4-6-19(15-18)26-11-9-23(10-12-26)16-29-21-8-7-17(24)14-20(21)23/h7-8,14,18-19H,2-6,9-13,15-16H2,1H3,(H,25,27). The number of alkyl carbamates (subject to hydrolysis) is 1. The molecule has 3 aliphatic rings. The summed E-state index contributed by atoms with van der Waals surface area (Å²) in [4.78, 5) is 14.6. The van der Waals surface area contributed by atoms with E-state index in [4.69, 9.17) is 9.47 Å². The van der Waals surface area contributed by atoms with Gasteiger partial charge in [-0.3, -0.25) is 0 Å². The Kier molecular flexibility index (Phi) is 6.28. The van der Waals surface area contributed by atoms with E-state index >= 15 is 0 Å². The maximum atomic E-state index is 13.8. The molecule has 0 aromatic heterocycles. The van der Waals surface area contributed by atoms with Gasteiger partial charge in [0.05, 0.1) is 13.2 Å². The summed E-state index contributed by atoms with van der Waals surface area (Å²) in [5, 5.41) is 3.08. The van der Waals surface area contributed by atoms with Crippen molar-refractivity contribution in [3.8, 4) is 5.75 Å². The Morgan fingerprint density at radius 3 is 2.90 bits per heavy atom. The number of ether oxygens (including phenoxy) is 2. The molecule has 2 heterocycles. The molecule has 1 amide bonds. The molecule has 160 valence electrons. The van der Waals surface area contributed by atoms with Crippen molar-refractivity contribution in [3.05, 3.63) is 29.6 Å². The molecule has 1 aromatic rings. The smallest absolute Gasteiger partial charge is 0.407 e. The molecule has 2 unspecified atom stereocenters. The molecule has 6 heteroatoms. The molecule has 1 aliphatic carbocycles. The van der Waals surface area contributed by atoms with Gasteiger partial charge < -0.3 is 19.7 Å². The van der Waals surface area contributed by atoms with Crippen LogP contribution in [-0.4, -0.2) is 49.4 Å². The molecular weight excluding hydrogens is 371 g/mol. The molecule has 0 radical (unpaired) electrons. The largest absolute Gasteiger partial charge is 0.492 e. The Balaban J connectivity index is 1.36. The summed E-state index contributed by atoms with van der Waals surface area (Å²) < 4.78 is 24.9. The van der Waals surface area contributed by atoms with Crippen LogP contribution in [-0.2, 0) is 10.2 Å². The van der Waals surface area contributed by atoms with E-state index in [1.165, 1.54) is 18.9 Å². The lowest BCUT2D eigenvalue weighted by Gasteiger charge is -2.42. The number of benzene rings is 1. The lowest BCUT2D eigenvalue weighted by atomic mass is 9.74. The summed E-state index contributed by atoms with van der Waals surface area (Å²) >= 11 is 0. The zero-order chi connectivity index (χ0) is 20.3. The zero-order valence-corrected chi connectivity index (χ0v) is 17.4. The molecule has 1 spiro atoms. The maximum absolute atomic E-state index is 13.8. The summed E-state index contributed by atoms with van der Waals surface area (Å²) in [5.41, 5.74) is 1.01. The zero-order valence-electron chi connectivity index (χ0n) is 17.4. The fourth-order valence-corrected chi connectivity index (χ4v) is 5.27. The molecule has 1 N–H and O–H groups in total. The number of hydrogen-bond acceptors (Lipinski definition) is 4. The van der Waals surface area contributed by atoms with Crippen molar-refractivity contribution in [2.24, 2.45) is 0 Å². The third-order valence-electron chi connectivity index (χ3n) is 6.94. The molecule has 1 aromatic carbocycles. The Morgan fingerprint density at radius 1 is 1.31 bits per heavy atom. The van der Waals surface area contributed by atoms with Gasteiger partial charge in [-0.15, -0.1) is 0 Å². The van der Waals surface area contributed by atoms with Gasteiger partial charge in [0.25, 0.3) is 0 Å². The second kappa shape index (κ2) is 8.90. The number of halogens is 1. The maximum Gasteiger partial charge on any atom is 0.407 e. The van der Waals surface area contributed by atoms with Crippen molar-refractivity contribution >= 4 is 6.09 Å². The van der Waals surface area contributed by atoms with Crippen LogP contribution in [0.5, 0.6) is 5.75 Å². The second-order valence-electron chi connectivity index (χ2n) is 8.90. The Bertz CT molecular complexity index is 718. The van der Waals surface area contributed by atoms with Crippen LogP contribution in [0.15, 0.2) is 18.2 Å². The van der Waals surface area contributed by atoms with E-state index in [2.05, 4.69) is 10.2 Å². The molecule has 5 nitrogen and oxygen atoms in total. The fraction of sp³-hybridized carbons (Fsp3) is 0.696. The number of carbonyl (C=O) groups excluding carboxylic acids is 1. The molecule has 2 fully saturated rings. The number of nitrogens with zero attached hydrogens (tertiary/aromatic N) is 1. The topological polar surface area (TPSA) is 50.8 Å². The van der Waals surface area contributed by atoms with Crippen molar-refractivity contribution in [3.63, 3.8) is 0 Å². The number of likely N-dealkylation sites (tertiary alicyclic amines) is 1. The highest BCUT2D eigenvalue weighted by Gasteiger charge is 2.44. The molecule has 1 saturated heterocycles. The molecule has 4 rings (SSSR count). The second-order valence-corrected chi connectivity index (χ2v) is 8.90. The van der Waals surface area contributed by atoms with E-state index < -0.39 is 0 Å². The summed E-state index contributed by atoms with van der Waals surface area (Å²) in [6.07, 6.45) is 8.08. The molecule has 2 atom stereocenters. The number of hydrogen-bond donors (Lipinski definition) is 1. The average Bonchev–Trinajstić information content (AvgIpc) is 2.90. The number of amides is 1. The van der Waals surface area contributed by atoms with Gasteiger partial charge in [0.15, 0.2) is 0 Å². The monoisotopic (exact) mass is 404 g/mol. The van der Waals surface area contributed by atoms with E-state index in [0.29, 0.717) is 19.3 Å². The highest BCUT2D eigenvalue weighted by molar-refractivity contribution is 5.67. The Morgan fingerprint density at radius 2 is 2.10 bits per heavy atom. The van der Waals surface area contributed by atoms with Crippen LogP contribution in [0, 0.1) is 5.82 Å². The molecule has 1 saturated carbocycles. The first kappa shape index (κ1) is 20.5. The number of fused-ring (bicyclic) bond motifs is 2. The first-order valence-corrected chi connectivity index (χ1v) is 11.2. The fourth-order valence-electron chi connectivity index (χ4n) is 5.27. The van der Waals surface area contributed by atoms with E-state index in [1.807, 2.05) is 6.92 Å². The van der Waals surface area contributed by atoms with Gasteiger partial charge in [-0.2, -0.15) is 0 Å². The van der Waals surface area contributed by atoms with Crippen LogP contribution in [0.4, 0.5) is 9.18 Å². The molecule has 2 aliphatic heterocycles. The van der Waals surface area contributed by atoms with Crippen LogP contribution in [0.1, 0.15) is 63.9 Å². The quantitative estimate of drug-likeness (QED) is 0.757. The number of carbonyl (C=O) groups is 1. The minimum atomic E-state index is -0.281. The van der Waals surface area contributed by atoms with Gasteiger partial charge in [0.1, 0.15) is 11.6 Å². The predicted octanol–water partition coefficient (Wildman–Crippen LogP) is 4.39. The van der Waals surface area contributed by atoms with Crippen LogP contribution >= 0.6 is 0 Å². The lowest BCUT2D eigenvalue weighted by molar-refractivity contribution is 0.0879. The highest BCUT2D eigenvalue weighted by atomic mass is 19.1. The van der Waals surface area contributed by atoms with E-state index in [0.717, 1.165) is 62.9 Å². The van der Waals surface area contributed by atoms with Crippen molar-refractivity contribution in [2.45, 2.75) is 75.8 Å². The summed E-state index contributed by atoms with van der Waals surface area (Å²) in [5.74, 6) is 0.674. The van der Waals surface area contributed by atoms with E-state index in [9.17, 15) is 9.18 Å². The van der Waals surface area contributed by atoms with Crippen molar-refractivity contribution in [1.82, 2.24) is 10.2 Å². The third kappa shape index (κ3) is 4.52. The van der Waals surface area contributed by atoms with Gasteiger partial charge in [-0.05, 0) is 69.8 Å². The summed E-state index contributed by atoms with van der Waals surface area (Å²) in [7, 11) is 0. The number of nitrogens with one attached hydrogen (secondary N) is 1. The normalized spacial score (nSPS) is 26.4. The summed E-state index contributed by atoms with van der Waals surface area (Å²) in [6.45, 7) is 5.13. The van der Waals surface area contributed by atoms with Crippen molar-refractivity contribution < 1.29 is 18.7 Å². The van der Waals surface area contributed by atoms with Crippen molar-refractivity contribution in [2.75, 3.05) is 26.3 Å². The minimum absolute atomic E-state index is 0.0414. The molecule has 29 heavy (non-hydrogen) atoms. The van der Waals surface area contributed by atoms with Gasteiger partial charge in [0, 0.05) is 23.1 Å². The van der Waals surface area contributed by atoms with Crippen LogP contribution < -0.4 is 10.1 Å². The first-order valence-electron chi connectivity index (χ1n) is 11.2. The Hall–Kier alpha value is -1.82. The van der Waals surface area contributed by atoms with Gasteiger partial charge in [-0.1, -0.05) is 19.8 Å². The Labute approximate surface area is 172 Å². The van der Waals surface area contributed by atoms with Gasteiger partial charge in [0.2, 0.25) is 0 Å². The van der Waals surface area contributed by atoms with Crippen molar-refractivity contribution in [1.29, 1.82) is 0 Å². The van der Waals surface area contributed by atoms with Gasteiger partial charge >= 0.3 is 6.09 Å². The van der Waals surface area contributed by atoms with E-state index in [1.54, 1.807) is 12.1 Å². The molecule has 0 bridgehead atoms. The third-order valence-corrected chi connectivity index (χ3v) is 6.94. The van der Waals surface area contributed by atoms with Crippen LogP contribution in [0.2, 0.25) is 0 Å². The van der Waals surface area contributed by atoms with Gasteiger partial charge in [-0.25, -0.2) is 9.18 Å². The first-order chi connectivity index (χ1) is 14.1. The predicted molar refractivity (Wildman–Crippen MR) is 110 cm³/mol. The highest BCUT2D eigenvalue weighted by Crippen LogP contribution is 2.46.